The van der Waals surface area contributed by atoms with E-state index in [2.05, 4.69) is 48.4 Å². The van der Waals surface area contributed by atoms with Gasteiger partial charge in [-0.1, -0.05) is 55.9 Å². The number of nitrogens with one attached hydrogen (secondary N) is 1. The van der Waals surface area contributed by atoms with Crippen LogP contribution in [-0.2, 0) is 10.5 Å². The van der Waals surface area contributed by atoms with E-state index in [4.69, 9.17) is 10.1 Å². The second kappa shape index (κ2) is 8.30. The normalized spacial score (nSPS) is 18.0. The van der Waals surface area contributed by atoms with E-state index in [9.17, 15) is 4.79 Å². The van der Waals surface area contributed by atoms with Gasteiger partial charge in [0.2, 0.25) is 11.1 Å². The molecule has 0 radical (unpaired) electrons. The third-order valence-corrected chi connectivity index (χ3v) is 6.71. The Hall–Kier alpha value is -2.93. The molecule has 3 heterocycles. The SMILES string of the molecule is CC(C)c1ccc(C2C3=C(CCCC3=O)Nc3nc(SCc4ccccn4)nn32)cc1. The molecule has 31 heavy (non-hydrogen) atoms. The third-order valence-electron chi connectivity index (χ3n) is 5.84. The summed E-state index contributed by atoms with van der Waals surface area (Å²) in [5.74, 6) is 2.07. The van der Waals surface area contributed by atoms with Gasteiger partial charge in [0, 0.05) is 29.6 Å². The van der Waals surface area contributed by atoms with Crippen molar-refractivity contribution in [1.82, 2.24) is 19.7 Å². The van der Waals surface area contributed by atoms with Crippen molar-refractivity contribution in [2.75, 3.05) is 5.32 Å². The van der Waals surface area contributed by atoms with Gasteiger partial charge >= 0.3 is 0 Å². The van der Waals surface area contributed by atoms with E-state index in [1.165, 1.54) is 5.56 Å². The second-order valence-electron chi connectivity index (χ2n) is 8.29. The van der Waals surface area contributed by atoms with Crippen LogP contribution in [0, 0.1) is 0 Å². The molecule has 1 atom stereocenters. The van der Waals surface area contributed by atoms with Crippen LogP contribution < -0.4 is 5.32 Å². The molecule has 2 aliphatic rings. The topological polar surface area (TPSA) is 72.7 Å². The van der Waals surface area contributed by atoms with Gasteiger partial charge in [0.15, 0.2) is 5.78 Å². The van der Waals surface area contributed by atoms with Crippen LogP contribution >= 0.6 is 11.8 Å². The summed E-state index contributed by atoms with van der Waals surface area (Å²) in [7, 11) is 0. The Morgan fingerprint density at radius 1 is 1.16 bits per heavy atom. The van der Waals surface area contributed by atoms with Crippen molar-refractivity contribution in [1.29, 1.82) is 0 Å². The molecule has 0 saturated heterocycles. The molecule has 0 bridgehead atoms. The van der Waals surface area contributed by atoms with E-state index in [0.29, 0.717) is 29.2 Å². The fraction of sp³-hybridized carbons (Fsp3) is 0.333. The highest BCUT2D eigenvalue weighted by Gasteiger charge is 2.36. The molecule has 1 aromatic carbocycles. The van der Waals surface area contributed by atoms with E-state index in [1.807, 2.05) is 22.9 Å². The minimum atomic E-state index is -0.239. The maximum Gasteiger partial charge on any atom is 0.227 e. The van der Waals surface area contributed by atoms with Crippen molar-refractivity contribution in [2.24, 2.45) is 0 Å². The summed E-state index contributed by atoms with van der Waals surface area (Å²) >= 11 is 1.56. The number of nitrogens with zero attached hydrogens (tertiary/aromatic N) is 4. The molecule has 158 valence electrons. The number of fused-ring (bicyclic) bond motifs is 1. The summed E-state index contributed by atoms with van der Waals surface area (Å²) < 4.78 is 1.88. The smallest absolute Gasteiger partial charge is 0.227 e. The molecule has 1 unspecified atom stereocenters. The zero-order valence-electron chi connectivity index (χ0n) is 17.7. The molecule has 6 nitrogen and oxygen atoms in total. The minimum absolute atomic E-state index is 0.204. The first-order chi connectivity index (χ1) is 15.1. The Labute approximate surface area is 186 Å². The first-order valence-corrected chi connectivity index (χ1v) is 11.7. The van der Waals surface area contributed by atoms with Gasteiger partial charge in [0.05, 0.1) is 5.69 Å². The van der Waals surface area contributed by atoms with E-state index in [1.54, 1.807) is 18.0 Å². The number of allylic oxidation sites excluding steroid dienone is 2. The largest absolute Gasteiger partial charge is 0.328 e. The van der Waals surface area contributed by atoms with Crippen molar-refractivity contribution in [3.8, 4) is 0 Å². The molecule has 0 fully saturated rings. The number of rotatable bonds is 5. The van der Waals surface area contributed by atoms with Crippen LogP contribution in [0.5, 0.6) is 0 Å². The van der Waals surface area contributed by atoms with Gasteiger partial charge in [-0.3, -0.25) is 9.78 Å². The zero-order chi connectivity index (χ0) is 21.4. The van der Waals surface area contributed by atoms with Crippen molar-refractivity contribution in [3.63, 3.8) is 0 Å². The predicted molar refractivity (Wildman–Crippen MR) is 122 cm³/mol. The lowest BCUT2D eigenvalue weighted by molar-refractivity contribution is -0.116. The van der Waals surface area contributed by atoms with Crippen molar-refractivity contribution < 1.29 is 4.79 Å². The fourth-order valence-electron chi connectivity index (χ4n) is 4.19. The van der Waals surface area contributed by atoms with Crippen LogP contribution in [-0.4, -0.2) is 25.5 Å². The Kier molecular flexibility index (Phi) is 5.36. The van der Waals surface area contributed by atoms with Crippen LogP contribution in [0.15, 0.2) is 65.1 Å². The summed E-state index contributed by atoms with van der Waals surface area (Å²) in [6.45, 7) is 4.37. The summed E-state index contributed by atoms with van der Waals surface area (Å²) in [6, 6.07) is 14.2. The molecule has 0 saturated carbocycles. The molecule has 0 spiro atoms. The van der Waals surface area contributed by atoms with Gasteiger partial charge in [-0.05, 0) is 42.0 Å². The number of hydrogen-bond donors (Lipinski definition) is 1. The summed E-state index contributed by atoms with van der Waals surface area (Å²) in [5, 5.41) is 8.88. The summed E-state index contributed by atoms with van der Waals surface area (Å²) in [4.78, 5) is 22.1. The maximum atomic E-state index is 12.9. The van der Waals surface area contributed by atoms with Crippen molar-refractivity contribution in [3.05, 3.63) is 76.8 Å². The average molecular weight is 432 g/mol. The Balaban J connectivity index is 1.51. The lowest BCUT2D eigenvalue weighted by atomic mass is 9.85. The highest BCUT2D eigenvalue weighted by atomic mass is 32.2. The molecule has 3 aromatic rings. The highest BCUT2D eigenvalue weighted by molar-refractivity contribution is 7.98. The number of aromatic nitrogens is 4. The van der Waals surface area contributed by atoms with Crippen LogP contribution in [0.3, 0.4) is 0 Å². The van der Waals surface area contributed by atoms with Gasteiger partial charge in [0.25, 0.3) is 0 Å². The van der Waals surface area contributed by atoms with Crippen LogP contribution in [0.1, 0.15) is 61.9 Å². The minimum Gasteiger partial charge on any atom is -0.328 e. The third kappa shape index (κ3) is 3.90. The van der Waals surface area contributed by atoms with Gasteiger partial charge in [-0.2, -0.15) is 4.98 Å². The molecular weight excluding hydrogens is 406 g/mol. The fourth-order valence-corrected chi connectivity index (χ4v) is 4.94. The number of Topliss-reactive ketones (excluding diaryl/α,β-unsaturated/α-hetero) is 1. The van der Waals surface area contributed by atoms with Crippen LogP contribution in [0.2, 0.25) is 0 Å². The van der Waals surface area contributed by atoms with Gasteiger partial charge in [-0.25, -0.2) is 4.68 Å². The summed E-state index contributed by atoms with van der Waals surface area (Å²) in [5.41, 5.74) is 5.17. The number of thioether (sulfide) groups is 1. The quantitative estimate of drug-likeness (QED) is 0.566. The molecule has 2 aromatic heterocycles. The molecule has 1 N–H and O–H groups in total. The molecule has 7 heteroatoms. The lowest BCUT2D eigenvalue weighted by Gasteiger charge is -2.32. The zero-order valence-corrected chi connectivity index (χ0v) is 18.5. The second-order valence-corrected chi connectivity index (χ2v) is 9.23. The Bertz CT molecular complexity index is 1130. The van der Waals surface area contributed by atoms with E-state index >= 15 is 0 Å². The monoisotopic (exact) mass is 431 g/mol. The molecule has 1 aliphatic carbocycles. The maximum absolute atomic E-state index is 12.9. The number of hydrogen-bond acceptors (Lipinski definition) is 6. The van der Waals surface area contributed by atoms with Crippen molar-refractivity contribution in [2.45, 2.75) is 56.0 Å². The molecular formula is C24H25N5OS. The van der Waals surface area contributed by atoms with E-state index in [0.717, 1.165) is 35.4 Å². The number of ketones is 1. The first kappa shape index (κ1) is 20.0. The standard InChI is InChI=1S/C24H25N5OS/c1-15(2)16-9-11-17(12-10-16)22-21-19(7-5-8-20(21)30)26-23-27-24(28-29(22)23)31-14-18-6-3-4-13-25-18/h3-4,6,9-13,15,22H,5,7-8,14H2,1-2H3,(H,26,27,28). The van der Waals surface area contributed by atoms with Crippen molar-refractivity contribution >= 4 is 23.5 Å². The number of anilines is 1. The van der Waals surface area contributed by atoms with Gasteiger partial charge in [-0.15, -0.1) is 5.10 Å². The predicted octanol–water partition coefficient (Wildman–Crippen LogP) is 5.11. The Morgan fingerprint density at radius 2 is 2.00 bits per heavy atom. The highest BCUT2D eigenvalue weighted by Crippen LogP contribution is 2.40. The van der Waals surface area contributed by atoms with E-state index in [-0.39, 0.29) is 11.8 Å². The molecule has 1 aliphatic heterocycles. The number of benzene rings is 1. The van der Waals surface area contributed by atoms with Gasteiger partial charge in [0.1, 0.15) is 6.04 Å². The number of pyridine rings is 1. The lowest BCUT2D eigenvalue weighted by Crippen LogP contribution is -2.31. The van der Waals surface area contributed by atoms with E-state index < -0.39 is 0 Å². The number of carbonyl (C=O) groups is 1. The van der Waals surface area contributed by atoms with Gasteiger partial charge < -0.3 is 5.32 Å². The summed E-state index contributed by atoms with van der Waals surface area (Å²) in [6.07, 6.45) is 4.12. The van der Waals surface area contributed by atoms with Crippen LogP contribution in [0.25, 0.3) is 0 Å². The van der Waals surface area contributed by atoms with Crippen LogP contribution in [0.4, 0.5) is 5.95 Å². The number of carbonyl (C=O) groups excluding carboxylic acids is 1. The molecule has 0 amide bonds. The first-order valence-electron chi connectivity index (χ1n) is 10.7. The molecule has 5 rings (SSSR count). The average Bonchev–Trinajstić information content (AvgIpc) is 3.20. The Morgan fingerprint density at radius 3 is 2.74 bits per heavy atom.